The Bertz CT molecular complexity index is 496. The van der Waals surface area contributed by atoms with E-state index in [9.17, 15) is 4.39 Å². The van der Waals surface area contributed by atoms with Crippen molar-refractivity contribution >= 4 is 6.01 Å². The molecule has 2 rings (SSSR count). The first-order valence-electron chi connectivity index (χ1n) is 4.72. The minimum atomic E-state index is -0.343. The molecule has 1 heterocycles. The number of nitrogens with one attached hydrogen (secondary N) is 1. The van der Waals surface area contributed by atoms with Crippen molar-refractivity contribution < 1.29 is 13.5 Å². The topological polar surface area (TPSA) is 47.3 Å². The molecule has 0 radical (unpaired) electrons. The molecule has 0 saturated heterocycles. The smallest absolute Gasteiger partial charge is 0.294 e. The Kier molecular flexibility index (Phi) is 2.76. The molecule has 1 N–H and O–H groups in total. The van der Waals surface area contributed by atoms with Crippen molar-refractivity contribution in [1.82, 2.24) is 4.98 Å². The Labute approximate surface area is 92.1 Å². The fourth-order valence-corrected chi connectivity index (χ4v) is 1.39. The number of nitrogens with zero attached hydrogens (tertiary/aromatic N) is 1. The highest BCUT2D eigenvalue weighted by atomic mass is 19.1. The molecule has 0 fully saturated rings. The molecule has 0 amide bonds. The van der Waals surface area contributed by atoms with Crippen molar-refractivity contribution in [3.63, 3.8) is 0 Å². The van der Waals surface area contributed by atoms with Crippen LogP contribution < -0.4 is 10.1 Å². The van der Waals surface area contributed by atoms with Crippen LogP contribution in [0.3, 0.4) is 0 Å². The zero-order valence-electron chi connectivity index (χ0n) is 8.95. The van der Waals surface area contributed by atoms with Crippen LogP contribution in [0.4, 0.5) is 10.4 Å². The third-order valence-corrected chi connectivity index (χ3v) is 2.16. The summed E-state index contributed by atoms with van der Waals surface area (Å²) in [7, 11) is 3.22. The van der Waals surface area contributed by atoms with Gasteiger partial charge >= 0.3 is 0 Å². The molecule has 1 aromatic heterocycles. The van der Waals surface area contributed by atoms with Crippen LogP contribution in [0, 0.1) is 5.82 Å². The highest BCUT2D eigenvalue weighted by molar-refractivity contribution is 5.67. The second-order valence-corrected chi connectivity index (χ2v) is 3.13. The third-order valence-electron chi connectivity index (χ3n) is 2.16. The lowest BCUT2D eigenvalue weighted by molar-refractivity contribution is 0.415. The first-order chi connectivity index (χ1) is 7.74. The molecule has 4 nitrogen and oxygen atoms in total. The summed E-state index contributed by atoms with van der Waals surface area (Å²) >= 11 is 0. The summed E-state index contributed by atoms with van der Waals surface area (Å²) in [6, 6.07) is 4.62. The van der Waals surface area contributed by atoms with Gasteiger partial charge in [-0.05, 0) is 18.2 Å². The van der Waals surface area contributed by atoms with E-state index < -0.39 is 0 Å². The van der Waals surface area contributed by atoms with E-state index in [-0.39, 0.29) is 5.82 Å². The SMILES string of the molecule is CNc1nc(-c2cc(F)ccc2OC)co1. The summed E-state index contributed by atoms with van der Waals surface area (Å²) in [6.07, 6.45) is 1.45. The number of hydrogen-bond donors (Lipinski definition) is 1. The minimum absolute atomic E-state index is 0.343. The molecule has 0 aliphatic rings. The molecule has 0 aliphatic carbocycles. The lowest BCUT2D eigenvalue weighted by Gasteiger charge is -2.04. The normalized spacial score (nSPS) is 10.2. The van der Waals surface area contributed by atoms with Gasteiger partial charge in [0.15, 0.2) is 0 Å². The Balaban J connectivity index is 2.49. The van der Waals surface area contributed by atoms with Crippen LogP contribution >= 0.6 is 0 Å². The highest BCUT2D eigenvalue weighted by Gasteiger charge is 2.11. The first-order valence-corrected chi connectivity index (χ1v) is 4.72. The predicted molar refractivity (Wildman–Crippen MR) is 58.0 cm³/mol. The van der Waals surface area contributed by atoms with Gasteiger partial charge in [-0.1, -0.05) is 0 Å². The molecular formula is C11H11FN2O2. The molecule has 0 aliphatic heterocycles. The lowest BCUT2D eigenvalue weighted by Crippen LogP contribution is -1.90. The van der Waals surface area contributed by atoms with Crippen LogP contribution in [0.1, 0.15) is 0 Å². The fourth-order valence-electron chi connectivity index (χ4n) is 1.39. The summed E-state index contributed by atoms with van der Waals surface area (Å²) in [6.45, 7) is 0. The number of ether oxygens (including phenoxy) is 1. The molecule has 16 heavy (non-hydrogen) atoms. The van der Waals surface area contributed by atoms with Crippen LogP contribution in [0.2, 0.25) is 0 Å². The Morgan fingerprint density at radius 1 is 1.44 bits per heavy atom. The van der Waals surface area contributed by atoms with Crippen molar-refractivity contribution in [2.45, 2.75) is 0 Å². The van der Waals surface area contributed by atoms with Gasteiger partial charge in [-0.15, -0.1) is 0 Å². The van der Waals surface area contributed by atoms with Gasteiger partial charge in [0.25, 0.3) is 6.01 Å². The minimum Gasteiger partial charge on any atom is -0.496 e. The molecular weight excluding hydrogens is 211 g/mol. The van der Waals surface area contributed by atoms with Crippen LogP contribution in [0.5, 0.6) is 5.75 Å². The number of hydrogen-bond acceptors (Lipinski definition) is 4. The third kappa shape index (κ3) is 1.84. The number of oxazole rings is 1. The average Bonchev–Trinajstić information content (AvgIpc) is 2.77. The fraction of sp³-hybridized carbons (Fsp3) is 0.182. The Morgan fingerprint density at radius 3 is 2.88 bits per heavy atom. The van der Waals surface area contributed by atoms with Crippen molar-refractivity contribution in [3.8, 4) is 17.0 Å². The monoisotopic (exact) mass is 222 g/mol. The van der Waals surface area contributed by atoms with Crippen molar-refractivity contribution in [1.29, 1.82) is 0 Å². The summed E-state index contributed by atoms with van der Waals surface area (Å²) in [4.78, 5) is 4.12. The highest BCUT2D eigenvalue weighted by Crippen LogP contribution is 2.30. The molecule has 1 aromatic carbocycles. The summed E-state index contributed by atoms with van der Waals surface area (Å²) in [5.41, 5.74) is 1.09. The lowest BCUT2D eigenvalue weighted by atomic mass is 10.1. The Hall–Kier alpha value is -2.04. The number of methoxy groups -OCH3 is 1. The van der Waals surface area contributed by atoms with E-state index in [0.29, 0.717) is 23.0 Å². The quantitative estimate of drug-likeness (QED) is 0.866. The number of halogens is 1. The first kappa shape index (κ1) is 10.5. The second-order valence-electron chi connectivity index (χ2n) is 3.13. The molecule has 0 unspecified atom stereocenters. The van der Waals surface area contributed by atoms with Gasteiger partial charge in [-0.2, -0.15) is 4.98 Å². The number of aromatic nitrogens is 1. The van der Waals surface area contributed by atoms with Gasteiger partial charge in [0.2, 0.25) is 0 Å². The van der Waals surface area contributed by atoms with Gasteiger partial charge < -0.3 is 14.5 Å². The number of rotatable bonds is 3. The van der Waals surface area contributed by atoms with Gasteiger partial charge in [0.05, 0.1) is 7.11 Å². The zero-order valence-corrected chi connectivity index (χ0v) is 8.95. The zero-order chi connectivity index (χ0) is 11.5. The van der Waals surface area contributed by atoms with Crippen molar-refractivity contribution in [3.05, 3.63) is 30.3 Å². The largest absolute Gasteiger partial charge is 0.496 e. The van der Waals surface area contributed by atoms with Gasteiger partial charge in [0, 0.05) is 12.6 Å². The molecule has 5 heteroatoms. The van der Waals surface area contributed by atoms with E-state index in [1.54, 1.807) is 13.1 Å². The van der Waals surface area contributed by atoms with E-state index in [1.165, 1.54) is 25.5 Å². The van der Waals surface area contributed by atoms with E-state index >= 15 is 0 Å². The van der Waals surface area contributed by atoms with E-state index in [4.69, 9.17) is 9.15 Å². The van der Waals surface area contributed by atoms with Gasteiger partial charge in [-0.3, -0.25) is 0 Å². The maximum absolute atomic E-state index is 13.1. The molecule has 0 atom stereocenters. The van der Waals surface area contributed by atoms with Crippen LogP contribution in [-0.4, -0.2) is 19.1 Å². The van der Waals surface area contributed by atoms with Crippen LogP contribution in [0.25, 0.3) is 11.3 Å². The second kappa shape index (κ2) is 4.22. The van der Waals surface area contributed by atoms with Crippen molar-refractivity contribution in [2.24, 2.45) is 0 Å². The predicted octanol–water partition coefficient (Wildman–Crippen LogP) is 2.53. The maximum Gasteiger partial charge on any atom is 0.294 e. The van der Waals surface area contributed by atoms with Crippen LogP contribution in [0.15, 0.2) is 28.9 Å². The maximum atomic E-state index is 13.1. The van der Waals surface area contributed by atoms with Crippen molar-refractivity contribution in [2.75, 3.05) is 19.5 Å². The standard InChI is InChI=1S/C11H11FN2O2/c1-13-11-14-9(6-16-11)8-5-7(12)3-4-10(8)15-2/h3-6H,1-2H3,(H,13,14). The van der Waals surface area contributed by atoms with Gasteiger partial charge in [0.1, 0.15) is 23.5 Å². The van der Waals surface area contributed by atoms with E-state index in [2.05, 4.69) is 10.3 Å². The number of anilines is 1. The summed E-state index contributed by atoms with van der Waals surface area (Å²) in [5.74, 6) is 0.210. The molecule has 2 aromatic rings. The molecule has 0 spiro atoms. The van der Waals surface area contributed by atoms with Crippen LogP contribution in [-0.2, 0) is 0 Å². The average molecular weight is 222 g/mol. The van der Waals surface area contributed by atoms with E-state index in [1.807, 2.05) is 0 Å². The van der Waals surface area contributed by atoms with E-state index in [0.717, 1.165) is 0 Å². The molecule has 84 valence electrons. The number of benzene rings is 1. The summed E-state index contributed by atoms with van der Waals surface area (Å²) < 4.78 is 23.4. The molecule has 0 saturated carbocycles. The van der Waals surface area contributed by atoms with Gasteiger partial charge in [-0.25, -0.2) is 4.39 Å². The Morgan fingerprint density at radius 2 is 2.25 bits per heavy atom. The summed E-state index contributed by atoms with van der Waals surface area (Å²) in [5, 5.41) is 2.76. The molecule has 0 bridgehead atoms.